The molecular formula is C20H19N3O3. The Morgan fingerprint density at radius 1 is 1.08 bits per heavy atom. The molecule has 6 nitrogen and oxygen atoms in total. The number of nitrogens with one attached hydrogen (secondary N) is 2. The number of carbonyl (C=O) groups is 2. The number of fused-ring (bicyclic) bond motifs is 1. The molecule has 3 aromatic rings. The van der Waals surface area contributed by atoms with Gasteiger partial charge in [-0.3, -0.25) is 14.6 Å². The Labute approximate surface area is 151 Å². The van der Waals surface area contributed by atoms with Gasteiger partial charge in [0.25, 0.3) is 11.8 Å². The van der Waals surface area contributed by atoms with Crippen LogP contribution < -0.4 is 15.4 Å². The quantitative estimate of drug-likeness (QED) is 0.717. The van der Waals surface area contributed by atoms with Crippen molar-refractivity contribution in [2.75, 3.05) is 18.5 Å². The third-order valence-electron chi connectivity index (χ3n) is 3.70. The second kappa shape index (κ2) is 8.11. The molecule has 0 bridgehead atoms. The Morgan fingerprint density at radius 2 is 1.96 bits per heavy atom. The Bertz CT molecular complexity index is 940. The first kappa shape index (κ1) is 17.4. The summed E-state index contributed by atoms with van der Waals surface area (Å²) in [6.07, 6.45) is 1.72. The topological polar surface area (TPSA) is 80.3 Å². The molecule has 0 spiro atoms. The van der Waals surface area contributed by atoms with E-state index in [0.29, 0.717) is 23.5 Å². The van der Waals surface area contributed by atoms with Crippen LogP contribution in [0.5, 0.6) is 5.75 Å². The predicted octanol–water partition coefficient (Wildman–Crippen LogP) is 3.00. The van der Waals surface area contributed by atoms with Gasteiger partial charge in [0, 0.05) is 35.4 Å². The highest BCUT2D eigenvalue weighted by molar-refractivity contribution is 6.06. The van der Waals surface area contributed by atoms with Crippen LogP contribution in [0.1, 0.15) is 17.3 Å². The van der Waals surface area contributed by atoms with E-state index in [9.17, 15) is 9.59 Å². The zero-order valence-electron chi connectivity index (χ0n) is 14.4. The SMILES string of the molecule is CCNC(=O)COc1cccc(NC(=O)c2ccc3ncccc3c2)c1. The molecular weight excluding hydrogens is 330 g/mol. The standard InChI is InChI=1S/C20H19N3O3/c1-2-21-19(24)13-26-17-7-3-6-16(12-17)23-20(25)15-8-9-18-14(11-15)5-4-10-22-18/h3-12H,2,13H2,1H3,(H,21,24)(H,23,25). The van der Waals surface area contributed by atoms with Gasteiger partial charge in [-0.1, -0.05) is 12.1 Å². The maximum absolute atomic E-state index is 12.5. The first-order valence-electron chi connectivity index (χ1n) is 8.31. The van der Waals surface area contributed by atoms with E-state index >= 15 is 0 Å². The highest BCUT2D eigenvalue weighted by atomic mass is 16.5. The summed E-state index contributed by atoms with van der Waals surface area (Å²) in [5.74, 6) is 0.0973. The van der Waals surface area contributed by atoms with Crippen LogP contribution >= 0.6 is 0 Å². The van der Waals surface area contributed by atoms with Crippen LogP contribution in [0.15, 0.2) is 60.8 Å². The molecule has 26 heavy (non-hydrogen) atoms. The van der Waals surface area contributed by atoms with Crippen LogP contribution in [0, 0.1) is 0 Å². The van der Waals surface area contributed by atoms with Crippen molar-refractivity contribution in [3.8, 4) is 5.75 Å². The summed E-state index contributed by atoms with van der Waals surface area (Å²) < 4.78 is 5.43. The van der Waals surface area contributed by atoms with Crippen LogP contribution in [0.25, 0.3) is 10.9 Å². The van der Waals surface area contributed by atoms with Gasteiger partial charge in [0.15, 0.2) is 6.61 Å². The Kier molecular flexibility index (Phi) is 5.43. The summed E-state index contributed by atoms with van der Waals surface area (Å²) >= 11 is 0. The second-order valence-electron chi connectivity index (χ2n) is 5.64. The molecule has 0 aliphatic rings. The first-order chi connectivity index (χ1) is 12.7. The Morgan fingerprint density at radius 3 is 2.81 bits per heavy atom. The third-order valence-corrected chi connectivity index (χ3v) is 3.70. The van der Waals surface area contributed by atoms with E-state index < -0.39 is 0 Å². The molecule has 132 valence electrons. The fourth-order valence-electron chi connectivity index (χ4n) is 2.48. The van der Waals surface area contributed by atoms with Crippen molar-refractivity contribution >= 4 is 28.4 Å². The van der Waals surface area contributed by atoms with Crippen LogP contribution in [-0.2, 0) is 4.79 Å². The summed E-state index contributed by atoms with van der Waals surface area (Å²) in [6.45, 7) is 2.33. The fourth-order valence-corrected chi connectivity index (χ4v) is 2.48. The molecule has 0 atom stereocenters. The number of carbonyl (C=O) groups excluding carboxylic acids is 2. The minimum Gasteiger partial charge on any atom is -0.484 e. The smallest absolute Gasteiger partial charge is 0.257 e. The van der Waals surface area contributed by atoms with Crippen LogP contribution in [0.2, 0.25) is 0 Å². The van der Waals surface area contributed by atoms with Crippen molar-refractivity contribution < 1.29 is 14.3 Å². The molecule has 2 aromatic carbocycles. The maximum atomic E-state index is 12.5. The lowest BCUT2D eigenvalue weighted by atomic mass is 10.1. The molecule has 6 heteroatoms. The first-order valence-corrected chi connectivity index (χ1v) is 8.31. The van der Waals surface area contributed by atoms with Crippen LogP contribution in [0.3, 0.4) is 0 Å². The monoisotopic (exact) mass is 349 g/mol. The number of likely N-dealkylation sites (N-methyl/N-ethyl adjacent to an activating group) is 1. The summed E-state index contributed by atoms with van der Waals surface area (Å²) in [6, 6.07) is 16.0. The summed E-state index contributed by atoms with van der Waals surface area (Å²) in [5, 5.41) is 6.40. The number of pyridine rings is 1. The highest BCUT2D eigenvalue weighted by Crippen LogP contribution is 2.19. The van der Waals surface area contributed by atoms with Gasteiger partial charge in [-0.05, 0) is 43.3 Å². The van der Waals surface area contributed by atoms with E-state index in [2.05, 4.69) is 15.6 Å². The average molecular weight is 349 g/mol. The number of benzene rings is 2. The Hall–Kier alpha value is -3.41. The van der Waals surface area contributed by atoms with Gasteiger partial charge >= 0.3 is 0 Å². The van der Waals surface area contributed by atoms with Gasteiger partial charge < -0.3 is 15.4 Å². The molecule has 1 heterocycles. The number of hydrogen-bond acceptors (Lipinski definition) is 4. The highest BCUT2D eigenvalue weighted by Gasteiger charge is 2.08. The van der Waals surface area contributed by atoms with Gasteiger partial charge in [-0.15, -0.1) is 0 Å². The minimum atomic E-state index is -0.225. The number of nitrogens with zero attached hydrogens (tertiary/aromatic N) is 1. The number of aromatic nitrogens is 1. The number of hydrogen-bond donors (Lipinski definition) is 2. The molecule has 0 fully saturated rings. The lowest BCUT2D eigenvalue weighted by Gasteiger charge is -2.09. The maximum Gasteiger partial charge on any atom is 0.257 e. The average Bonchev–Trinajstić information content (AvgIpc) is 2.66. The van der Waals surface area contributed by atoms with Gasteiger partial charge in [-0.25, -0.2) is 0 Å². The number of amides is 2. The number of ether oxygens (including phenoxy) is 1. The van der Waals surface area contributed by atoms with Crippen molar-refractivity contribution in [1.29, 1.82) is 0 Å². The van der Waals surface area contributed by atoms with Crippen molar-refractivity contribution in [3.05, 3.63) is 66.4 Å². The Balaban J connectivity index is 1.68. The van der Waals surface area contributed by atoms with E-state index in [-0.39, 0.29) is 18.4 Å². The molecule has 0 radical (unpaired) electrons. The molecule has 0 aliphatic heterocycles. The second-order valence-corrected chi connectivity index (χ2v) is 5.64. The van der Waals surface area contributed by atoms with Crippen molar-refractivity contribution in [3.63, 3.8) is 0 Å². The largest absolute Gasteiger partial charge is 0.484 e. The molecule has 2 amide bonds. The van der Waals surface area contributed by atoms with Gasteiger partial charge in [0.05, 0.1) is 5.52 Å². The van der Waals surface area contributed by atoms with E-state index in [4.69, 9.17) is 4.74 Å². The van der Waals surface area contributed by atoms with E-state index in [1.807, 2.05) is 25.1 Å². The van der Waals surface area contributed by atoms with Gasteiger partial charge in [-0.2, -0.15) is 0 Å². The zero-order valence-corrected chi connectivity index (χ0v) is 14.4. The van der Waals surface area contributed by atoms with Crippen LogP contribution in [-0.4, -0.2) is 29.9 Å². The number of anilines is 1. The summed E-state index contributed by atoms with van der Waals surface area (Å²) in [5.41, 5.74) is 1.97. The predicted molar refractivity (Wildman–Crippen MR) is 100 cm³/mol. The van der Waals surface area contributed by atoms with Crippen molar-refractivity contribution in [2.24, 2.45) is 0 Å². The van der Waals surface area contributed by atoms with Gasteiger partial charge in [0.1, 0.15) is 5.75 Å². The summed E-state index contributed by atoms with van der Waals surface area (Å²) in [4.78, 5) is 28.2. The van der Waals surface area contributed by atoms with Crippen molar-refractivity contribution in [1.82, 2.24) is 10.3 Å². The zero-order chi connectivity index (χ0) is 18.4. The lowest BCUT2D eigenvalue weighted by Crippen LogP contribution is -2.28. The van der Waals surface area contributed by atoms with Crippen LogP contribution in [0.4, 0.5) is 5.69 Å². The van der Waals surface area contributed by atoms with E-state index in [0.717, 1.165) is 10.9 Å². The lowest BCUT2D eigenvalue weighted by molar-refractivity contribution is -0.122. The molecule has 0 saturated carbocycles. The van der Waals surface area contributed by atoms with Crippen molar-refractivity contribution in [2.45, 2.75) is 6.92 Å². The molecule has 1 aromatic heterocycles. The fraction of sp³-hybridized carbons (Fsp3) is 0.150. The molecule has 0 saturated heterocycles. The number of rotatable bonds is 6. The minimum absolute atomic E-state index is 0.0666. The molecule has 0 unspecified atom stereocenters. The van der Waals surface area contributed by atoms with E-state index in [1.165, 1.54) is 0 Å². The summed E-state index contributed by atoms with van der Waals surface area (Å²) in [7, 11) is 0. The van der Waals surface area contributed by atoms with Gasteiger partial charge in [0.2, 0.25) is 0 Å². The van der Waals surface area contributed by atoms with E-state index in [1.54, 1.807) is 42.6 Å². The normalized spacial score (nSPS) is 10.3. The molecule has 0 aliphatic carbocycles. The third kappa shape index (κ3) is 4.36. The molecule has 3 rings (SSSR count). The molecule has 2 N–H and O–H groups in total.